The summed E-state index contributed by atoms with van der Waals surface area (Å²) in [5.74, 6) is 0. The summed E-state index contributed by atoms with van der Waals surface area (Å²) in [4.78, 5) is 0. The quantitative estimate of drug-likeness (QED) is 0.234. The van der Waals surface area contributed by atoms with E-state index in [2.05, 4.69) is 56.3 Å². The minimum Gasteiger partial charge on any atom is -0.214 e. The van der Waals surface area contributed by atoms with Gasteiger partial charge in [-0.05, 0) is 6.92 Å². The Balaban J connectivity index is 0.000000505. The maximum Gasteiger partial charge on any atom is -0.172 e. The summed E-state index contributed by atoms with van der Waals surface area (Å²) in [6.07, 6.45) is 0. The van der Waals surface area contributed by atoms with Gasteiger partial charge in [-0.15, -0.1) is 39.2 Å². The molecule has 0 heterocycles. The van der Waals surface area contributed by atoms with Crippen LogP contribution in [-0.4, -0.2) is 6.88 Å². The van der Waals surface area contributed by atoms with E-state index in [1.54, 1.807) is 23.3 Å². The van der Waals surface area contributed by atoms with Gasteiger partial charge in [0.2, 0.25) is 0 Å². The summed E-state index contributed by atoms with van der Waals surface area (Å²) in [6, 6.07) is 25.3. The van der Waals surface area contributed by atoms with Crippen LogP contribution < -0.4 is 24.8 Å². The first kappa shape index (κ1) is 23.3. The number of aryl methyl sites for hydroxylation is 2. The zero-order chi connectivity index (χ0) is 15.9. The van der Waals surface area contributed by atoms with Gasteiger partial charge in [0.25, 0.3) is 0 Å². The van der Waals surface area contributed by atoms with Crippen LogP contribution in [0.1, 0.15) is 11.1 Å². The van der Waals surface area contributed by atoms with E-state index in [9.17, 15) is 0 Å². The molecule has 4 heteroatoms. The molecule has 0 saturated heterocycles. The van der Waals surface area contributed by atoms with E-state index in [-0.39, 0.29) is 24.8 Å². The molecule has 4 aromatic rings. The molecule has 4 rings (SSSR count). The summed E-state index contributed by atoms with van der Waals surface area (Å²) in [5.41, 5.74) is 2.78. The van der Waals surface area contributed by atoms with Gasteiger partial charge in [0.1, 0.15) is 0 Å². The molecule has 0 aliphatic rings. The van der Waals surface area contributed by atoms with Gasteiger partial charge in [0.15, 0.2) is 0 Å². The Hall–Kier alpha value is -0.660. The summed E-state index contributed by atoms with van der Waals surface area (Å²) < 4.78 is 0. The molecule has 24 heavy (non-hydrogen) atoms. The van der Waals surface area contributed by atoms with Crippen molar-refractivity contribution in [2.75, 3.05) is 0 Å². The smallest absolute Gasteiger partial charge is 0.172 e. The maximum absolute atomic E-state index is 2.30. The zero-order valence-corrected chi connectivity index (χ0v) is 19.3. The molecular formula is C20H20Cl2SiZr-2. The van der Waals surface area contributed by atoms with Crippen molar-refractivity contribution in [1.29, 1.82) is 0 Å². The molecule has 0 atom stereocenters. The minimum absolute atomic E-state index is 0. The Morgan fingerprint density at radius 1 is 0.792 bits per heavy atom. The molecule has 0 nitrogen and oxygen atoms in total. The van der Waals surface area contributed by atoms with Crippen molar-refractivity contribution in [3.05, 3.63) is 83.9 Å². The van der Waals surface area contributed by atoms with E-state index in [1.165, 1.54) is 32.7 Å². The van der Waals surface area contributed by atoms with Gasteiger partial charge in [-0.3, -0.25) is 0 Å². The van der Waals surface area contributed by atoms with Crippen LogP contribution in [-0.2, 0) is 23.3 Å². The molecule has 0 unspecified atom stereocenters. The molecule has 0 fully saturated rings. The first-order valence-electron chi connectivity index (χ1n) is 7.34. The van der Waals surface area contributed by atoms with Gasteiger partial charge in [0, 0.05) is 0 Å². The van der Waals surface area contributed by atoms with E-state index >= 15 is 0 Å². The minimum atomic E-state index is 0. The van der Waals surface area contributed by atoms with Crippen molar-refractivity contribution in [2.45, 2.75) is 13.8 Å². The van der Waals surface area contributed by atoms with E-state index in [4.69, 9.17) is 0 Å². The second-order valence-electron chi connectivity index (χ2n) is 5.16. The van der Waals surface area contributed by atoms with Gasteiger partial charge in [-0.2, -0.15) is 18.2 Å². The van der Waals surface area contributed by atoms with Crippen molar-refractivity contribution in [3.63, 3.8) is 0 Å². The van der Waals surface area contributed by atoms with Gasteiger partial charge in [-0.25, -0.2) is 12.1 Å². The first-order valence-corrected chi connectivity index (χ1v) is 13.3. The Morgan fingerprint density at radius 3 is 2.00 bits per heavy atom. The molecule has 0 bridgehead atoms. The number of halogens is 2. The molecule has 4 aromatic carbocycles. The van der Waals surface area contributed by atoms with E-state index < -0.39 is 0 Å². The van der Waals surface area contributed by atoms with Crippen molar-refractivity contribution in [1.82, 2.24) is 0 Å². The van der Waals surface area contributed by atoms with E-state index in [0.29, 0.717) is 0 Å². The summed E-state index contributed by atoms with van der Waals surface area (Å²) in [7, 11) is 0. The summed E-state index contributed by atoms with van der Waals surface area (Å²) in [5, 5.41) is 5.50. The Morgan fingerprint density at radius 2 is 1.42 bits per heavy atom. The number of fused-ring (bicyclic) bond motifs is 3. The van der Waals surface area contributed by atoms with E-state index in [1.807, 2.05) is 37.2 Å². The number of rotatable bonds is 0. The molecule has 0 spiro atoms. The third-order valence-electron chi connectivity index (χ3n) is 3.89. The van der Waals surface area contributed by atoms with Crippen LogP contribution in [0.2, 0.25) is 0 Å². The van der Waals surface area contributed by atoms with Crippen LogP contribution in [0.5, 0.6) is 0 Å². The van der Waals surface area contributed by atoms with Crippen LogP contribution in [0.4, 0.5) is 0 Å². The summed E-state index contributed by atoms with van der Waals surface area (Å²) >= 11 is 1.58. The Bertz CT molecular complexity index is 834. The normalized spacial score (nSPS) is 9.00. The van der Waals surface area contributed by atoms with Gasteiger partial charge in [0.05, 0.1) is 0 Å². The van der Waals surface area contributed by atoms with Crippen LogP contribution >= 0.6 is 0 Å². The van der Waals surface area contributed by atoms with Crippen LogP contribution in [0, 0.1) is 13.8 Å². The molecule has 0 N–H and O–H groups in total. The van der Waals surface area contributed by atoms with Crippen molar-refractivity contribution in [3.8, 4) is 0 Å². The van der Waals surface area contributed by atoms with Crippen LogP contribution in [0.3, 0.4) is 0 Å². The predicted molar refractivity (Wildman–Crippen MR) is 97.1 cm³/mol. The fourth-order valence-corrected chi connectivity index (χ4v) is 2.60. The summed E-state index contributed by atoms with van der Waals surface area (Å²) in [6.45, 7) is 6.33. The first-order chi connectivity index (χ1) is 10.8. The molecule has 0 aliphatic carbocycles. The van der Waals surface area contributed by atoms with Gasteiger partial charge in [-0.1, -0.05) is 42.8 Å². The maximum atomic E-state index is 2.30. The Kier molecular flexibility index (Phi) is 11.5. The topological polar surface area (TPSA) is 0 Å². The molecule has 0 aliphatic heterocycles. The molecule has 0 amide bonds. The van der Waals surface area contributed by atoms with Crippen molar-refractivity contribution in [2.24, 2.45) is 0 Å². The average molecular weight is 451 g/mol. The van der Waals surface area contributed by atoms with Gasteiger partial charge >= 0.3 is 30.2 Å². The monoisotopic (exact) mass is 448 g/mol. The van der Waals surface area contributed by atoms with Crippen molar-refractivity contribution < 1.29 is 48.1 Å². The fraction of sp³-hybridized carbons (Fsp3) is 0.100. The predicted octanol–water partition coefficient (Wildman–Crippen LogP) is -1.18. The molecule has 124 valence electrons. The van der Waals surface area contributed by atoms with Gasteiger partial charge < -0.3 is 24.8 Å². The molecule has 0 aromatic heterocycles. The second-order valence-corrected chi connectivity index (χ2v) is 5.16. The largest absolute Gasteiger partial charge is 0.214 e. The molecule has 0 saturated carbocycles. The Labute approximate surface area is 173 Å². The SMILES string of the molecule is Cc1ccc2c([cH-]c3ccccc32)c1C.[Cl-].[Cl-].[SiH2]=[Zr+2].c1cc[cH-]c1. The second kappa shape index (κ2) is 11.8. The number of benzene rings is 2. The third kappa shape index (κ3) is 5.43. The fourth-order valence-electron chi connectivity index (χ4n) is 2.60. The molecular weight excluding hydrogens is 430 g/mol. The average Bonchev–Trinajstić information content (AvgIpc) is 3.24. The van der Waals surface area contributed by atoms with Crippen molar-refractivity contribution >= 4 is 28.4 Å². The number of hydrogen-bond acceptors (Lipinski definition) is 0. The molecule has 0 radical (unpaired) electrons. The van der Waals surface area contributed by atoms with Crippen LogP contribution in [0.15, 0.2) is 72.8 Å². The zero-order valence-electron chi connectivity index (χ0n) is 13.9. The van der Waals surface area contributed by atoms with Crippen LogP contribution in [0.25, 0.3) is 21.5 Å². The van der Waals surface area contributed by atoms with E-state index in [0.717, 1.165) is 0 Å². The number of hydrogen-bond donors (Lipinski definition) is 0. The third-order valence-corrected chi connectivity index (χ3v) is 3.89. The standard InChI is InChI=1S/C15H13.C5H5.2ClH.H2Si.Zr/c1-10-7-8-14-13-6-4-3-5-12(13)9-15(14)11(10)2;1-2-4-5-3-1;;;;/h3-9H,1-2H3;1-5H;2*1H;1H2;/q2*-1;;;;+2/p-2.